The van der Waals surface area contributed by atoms with E-state index in [0.717, 1.165) is 12.1 Å². The van der Waals surface area contributed by atoms with Crippen molar-refractivity contribution in [1.29, 1.82) is 0 Å². The van der Waals surface area contributed by atoms with Gasteiger partial charge >= 0.3 is 0 Å². The molecule has 0 aliphatic rings. The Labute approximate surface area is 176 Å². The lowest BCUT2D eigenvalue weighted by molar-refractivity contribution is -0.123. The summed E-state index contributed by atoms with van der Waals surface area (Å²) >= 11 is 6.21. The number of ether oxygens (including phenoxy) is 1. The molecule has 0 saturated carbocycles. The Balaban J connectivity index is 1.85. The molecule has 0 heterocycles. The first-order chi connectivity index (χ1) is 14.3. The van der Waals surface area contributed by atoms with Crippen LogP contribution in [0.2, 0.25) is 5.02 Å². The van der Waals surface area contributed by atoms with Gasteiger partial charge in [-0.25, -0.2) is 8.78 Å². The Bertz CT molecular complexity index is 1080. The van der Waals surface area contributed by atoms with Crippen LogP contribution in [0.15, 0.2) is 66.7 Å². The normalized spacial score (nSPS) is 11.5. The van der Waals surface area contributed by atoms with E-state index >= 15 is 0 Å². The second-order valence-corrected chi connectivity index (χ2v) is 6.76. The van der Waals surface area contributed by atoms with Gasteiger partial charge in [-0.3, -0.25) is 9.59 Å². The SMILES string of the molecule is CC(=O)Nc1ccc(NC(=O)C(Oc2ccc(F)c(F)c2)c2ccccc2)c(Cl)c1. The number of anilines is 2. The van der Waals surface area contributed by atoms with Gasteiger partial charge in [-0.15, -0.1) is 0 Å². The summed E-state index contributed by atoms with van der Waals surface area (Å²) in [5.41, 5.74) is 1.28. The van der Waals surface area contributed by atoms with Gasteiger partial charge in [0.05, 0.1) is 10.7 Å². The number of hydrogen-bond donors (Lipinski definition) is 2. The van der Waals surface area contributed by atoms with Crippen molar-refractivity contribution in [3.05, 3.63) is 89.0 Å². The van der Waals surface area contributed by atoms with Crippen molar-refractivity contribution in [2.45, 2.75) is 13.0 Å². The zero-order chi connectivity index (χ0) is 21.7. The second kappa shape index (κ2) is 9.37. The molecule has 1 unspecified atom stereocenters. The van der Waals surface area contributed by atoms with E-state index in [9.17, 15) is 18.4 Å². The fraction of sp³-hybridized carbons (Fsp3) is 0.0909. The van der Waals surface area contributed by atoms with Crippen LogP contribution >= 0.6 is 11.6 Å². The molecule has 0 aromatic heterocycles. The van der Waals surface area contributed by atoms with Crippen LogP contribution < -0.4 is 15.4 Å². The van der Waals surface area contributed by atoms with Crippen molar-refractivity contribution in [2.75, 3.05) is 10.6 Å². The molecule has 30 heavy (non-hydrogen) atoms. The van der Waals surface area contributed by atoms with E-state index in [2.05, 4.69) is 10.6 Å². The largest absolute Gasteiger partial charge is 0.476 e. The number of amides is 2. The highest BCUT2D eigenvalue weighted by Gasteiger charge is 2.24. The average Bonchev–Trinajstić information content (AvgIpc) is 2.71. The molecule has 3 aromatic rings. The average molecular weight is 431 g/mol. The summed E-state index contributed by atoms with van der Waals surface area (Å²) in [4.78, 5) is 24.1. The lowest BCUT2D eigenvalue weighted by Crippen LogP contribution is -2.26. The molecule has 3 rings (SSSR count). The summed E-state index contributed by atoms with van der Waals surface area (Å²) in [5.74, 6) is -2.94. The highest BCUT2D eigenvalue weighted by molar-refractivity contribution is 6.34. The second-order valence-electron chi connectivity index (χ2n) is 6.35. The van der Waals surface area contributed by atoms with Crippen molar-refractivity contribution in [3.63, 3.8) is 0 Å². The quantitative estimate of drug-likeness (QED) is 0.555. The lowest BCUT2D eigenvalue weighted by atomic mass is 10.1. The number of hydrogen-bond acceptors (Lipinski definition) is 3. The molecular weight excluding hydrogens is 414 g/mol. The van der Waals surface area contributed by atoms with Crippen LogP contribution in [0, 0.1) is 11.6 Å². The van der Waals surface area contributed by atoms with Gasteiger partial charge in [-0.1, -0.05) is 41.9 Å². The molecule has 0 fully saturated rings. The van der Waals surface area contributed by atoms with Crippen molar-refractivity contribution < 1.29 is 23.1 Å². The van der Waals surface area contributed by atoms with Crippen LogP contribution in [0.4, 0.5) is 20.2 Å². The fourth-order valence-corrected chi connectivity index (χ4v) is 2.91. The lowest BCUT2D eigenvalue weighted by Gasteiger charge is -2.20. The van der Waals surface area contributed by atoms with Crippen molar-refractivity contribution in [1.82, 2.24) is 0 Å². The molecule has 3 aromatic carbocycles. The number of carbonyl (C=O) groups is 2. The molecule has 8 heteroatoms. The maximum atomic E-state index is 13.6. The molecular formula is C22H17ClF2N2O3. The smallest absolute Gasteiger partial charge is 0.270 e. The molecule has 5 nitrogen and oxygen atoms in total. The number of rotatable bonds is 6. The molecule has 2 N–H and O–H groups in total. The molecule has 0 bridgehead atoms. The van der Waals surface area contributed by atoms with Crippen LogP contribution in [0.25, 0.3) is 0 Å². The van der Waals surface area contributed by atoms with E-state index in [1.165, 1.54) is 25.1 Å². The first-order valence-corrected chi connectivity index (χ1v) is 9.26. The summed E-state index contributed by atoms with van der Waals surface area (Å²) in [6, 6.07) is 16.2. The van der Waals surface area contributed by atoms with Crippen LogP contribution in [0.3, 0.4) is 0 Å². The van der Waals surface area contributed by atoms with Gasteiger partial charge in [-0.05, 0) is 30.3 Å². The summed E-state index contributed by atoms with van der Waals surface area (Å²) < 4.78 is 32.4. The third-order valence-corrected chi connectivity index (χ3v) is 4.35. The Morgan fingerprint density at radius 1 is 0.933 bits per heavy atom. The Kier molecular flexibility index (Phi) is 6.64. The third-order valence-electron chi connectivity index (χ3n) is 4.03. The molecule has 0 radical (unpaired) electrons. The highest BCUT2D eigenvalue weighted by Crippen LogP contribution is 2.29. The topological polar surface area (TPSA) is 67.4 Å². The van der Waals surface area contributed by atoms with Gasteiger partial charge in [0.15, 0.2) is 11.6 Å². The minimum absolute atomic E-state index is 0.00925. The summed E-state index contributed by atoms with van der Waals surface area (Å²) in [5, 5.41) is 5.45. The minimum atomic E-state index is -1.15. The van der Waals surface area contributed by atoms with Gasteiger partial charge in [0.25, 0.3) is 5.91 Å². The molecule has 1 atom stereocenters. The summed E-state index contributed by atoms with van der Waals surface area (Å²) in [6.45, 7) is 1.36. The number of benzene rings is 3. The molecule has 2 amide bonds. The highest BCUT2D eigenvalue weighted by atomic mass is 35.5. The molecule has 0 saturated heterocycles. The molecule has 154 valence electrons. The minimum Gasteiger partial charge on any atom is -0.476 e. The van der Waals surface area contributed by atoms with Crippen molar-refractivity contribution in [3.8, 4) is 5.75 Å². The van der Waals surface area contributed by atoms with Crippen molar-refractivity contribution >= 4 is 34.8 Å². The fourth-order valence-electron chi connectivity index (χ4n) is 2.68. The van der Waals surface area contributed by atoms with Gasteiger partial charge in [0, 0.05) is 24.2 Å². The zero-order valence-corrected chi connectivity index (χ0v) is 16.5. The van der Waals surface area contributed by atoms with Gasteiger partial charge in [-0.2, -0.15) is 0 Å². The first-order valence-electron chi connectivity index (χ1n) is 8.88. The maximum Gasteiger partial charge on any atom is 0.270 e. The van der Waals surface area contributed by atoms with E-state index in [4.69, 9.17) is 16.3 Å². The van der Waals surface area contributed by atoms with Crippen LogP contribution in [0.5, 0.6) is 5.75 Å². The van der Waals surface area contributed by atoms with Crippen molar-refractivity contribution in [2.24, 2.45) is 0 Å². The standard InChI is InChI=1S/C22H17ClF2N2O3/c1-13(28)26-15-7-10-20(17(23)11-15)27-22(29)21(14-5-3-2-4-6-14)30-16-8-9-18(24)19(25)12-16/h2-12,21H,1H3,(H,26,28)(H,27,29). The van der Waals surface area contributed by atoms with Gasteiger partial charge in [0.1, 0.15) is 5.75 Å². The van der Waals surface area contributed by atoms with E-state index in [-0.39, 0.29) is 16.7 Å². The van der Waals surface area contributed by atoms with E-state index in [1.54, 1.807) is 36.4 Å². The number of halogens is 3. The molecule has 0 aliphatic heterocycles. The summed E-state index contributed by atoms with van der Waals surface area (Å²) in [6.07, 6.45) is -1.15. The monoisotopic (exact) mass is 430 g/mol. The summed E-state index contributed by atoms with van der Waals surface area (Å²) in [7, 11) is 0. The molecule has 0 aliphatic carbocycles. The van der Waals surface area contributed by atoms with E-state index in [0.29, 0.717) is 16.9 Å². The predicted molar refractivity (Wildman–Crippen MR) is 111 cm³/mol. The Hall–Kier alpha value is -3.45. The van der Waals surface area contributed by atoms with E-state index in [1.807, 2.05) is 0 Å². The maximum absolute atomic E-state index is 13.6. The van der Waals surface area contributed by atoms with Gasteiger partial charge in [0.2, 0.25) is 12.0 Å². The molecule has 0 spiro atoms. The third kappa shape index (κ3) is 5.33. The predicted octanol–water partition coefficient (Wildman–Crippen LogP) is 5.34. The van der Waals surface area contributed by atoms with E-state index < -0.39 is 23.6 Å². The van der Waals surface area contributed by atoms with Crippen LogP contribution in [0.1, 0.15) is 18.6 Å². The Morgan fingerprint density at radius 2 is 1.67 bits per heavy atom. The number of carbonyl (C=O) groups excluding carboxylic acids is 2. The van der Waals surface area contributed by atoms with Crippen LogP contribution in [-0.4, -0.2) is 11.8 Å². The van der Waals surface area contributed by atoms with Crippen LogP contribution in [-0.2, 0) is 9.59 Å². The first kappa shape index (κ1) is 21.3. The van der Waals surface area contributed by atoms with Gasteiger partial charge < -0.3 is 15.4 Å². The Morgan fingerprint density at radius 3 is 2.30 bits per heavy atom. The zero-order valence-electron chi connectivity index (χ0n) is 15.8. The number of nitrogens with one attached hydrogen (secondary N) is 2.